The van der Waals surface area contributed by atoms with Crippen LogP contribution in [0.1, 0.15) is 26.6 Å². The SMILES string of the molecule is [2H]C([2H])([2H])N(Cc1ccc(OC)cc1)c1cc(NC2=CC=CN(c3ccc(F)cn3)C2=C=O)nn2c(C(=O)N[C@@H]3C[C@@H]3F)cnc12. The number of hydrogen-bond acceptors (Lipinski definition) is 9. The summed E-state index contributed by atoms with van der Waals surface area (Å²) in [6.45, 7) is -2.77. The van der Waals surface area contributed by atoms with Crippen LogP contribution in [0.3, 0.4) is 0 Å². The minimum Gasteiger partial charge on any atom is -0.497 e. The number of hydrogen-bond donors (Lipinski definition) is 2. The summed E-state index contributed by atoms with van der Waals surface area (Å²) in [6, 6.07) is 10.2. The average Bonchev–Trinajstić information content (AvgIpc) is 3.55. The number of pyridine rings is 1. The zero-order valence-corrected chi connectivity index (χ0v) is 22.7. The molecule has 13 heteroatoms. The number of carbonyl (C=O) groups is 1. The quantitative estimate of drug-likeness (QED) is 0.282. The molecule has 2 aliphatic rings. The van der Waals surface area contributed by atoms with E-state index in [2.05, 4.69) is 25.7 Å². The topological polar surface area (TPSA) is 117 Å². The van der Waals surface area contributed by atoms with Gasteiger partial charge in [0.25, 0.3) is 5.91 Å². The number of halogens is 2. The van der Waals surface area contributed by atoms with Crippen LogP contribution < -0.4 is 25.2 Å². The molecule has 1 aromatic carbocycles. The van der Waals surface area contributed by atoms with Crippen molar-refractivity contribution in [2.75, 3.05) is 29.2 Å². The van der Waals surface area contributed by atoms with Crippen molar-refractivity contribution in [3.8, 4) is 5.75 Å². The fourth-order valence-electron chi connectivity index (χ4n) is 4.47. The summed E-state index contributed by atoms with van der Waals surface area (Å²) in [5.41, 5.74) is 0.886. The maximum Gasteiger partial charge on any atom is 0.271 e. The monoisotopic (exact) mass is 587 g/mol. The molecule has 1 aliphatic heterocycles. The molecular weight excluding hydrogens is 558 g/mol. The number of methoxy groups -OCH3 is 1. The first-order valence-electron chi connectivity index (χ1n) is 14.6. The van der Waals surface area contributed by atoms with Gasteiger partial charge in [0.05, 0.1) is 36.9 Å². The lowest BCUT2D eigenvalue weighted by Crippen LogP contribution is -2.29. The van der Waals surface area contributed by atoms with Gasteiger partial charge in [0, 0.05) is 36.3 Å². The molecule has 6 rings (SSSR count). The van der Waals surface area contributed by atoms with Crippen LogP contribution in [0.4, 0.5) is 26.1 Å². The van der Waals surface area contributed by atoms with Gasteiger partial charge in [-0.05, 0) is 42.0 Å². The van der Waals surface area contributed by atoms with Crippen molar-refractivity contribution >= 4 is 34.8 Å². The van der Waals surface area contributed by atoms with E-state index in [0.717, 1.165) is 15.6 Å². The van der Waals surface area contributed by atoms with Gasteiger partial charge in [-0.25, -0.2) is 28.1 Å². The van der Waals surface area contributed by atoms with E-state index in [-0.39, 0.29) is 53.0 Å². The van der Waals surface area contributed by atoms with Crippen molar-refractivity contribution in [3.63, 3.8) is 0 Å². The van der Waals surface area contributed by atoms with E-state index in [1.807, 2.05) is 5.94 Å². The number of amides is 1. The number of allylic oxidation sites excluding steroid dienone is 2. The minimum absolute atomic E-state index is 0.0257. The van der Waals surface area contributed by atoms with Gasteiger partial charge in [0.15, 0.2) is 28.8 Å². The fourth-order valence-corrected chi connectivity index (χ4v) is 4.47. The summed E-state index contributed by atoms with van der Waals surface area (Å²) < 4.78 is 58.7. The van der Waals surface area contributed by atoms with Crippen molar-refractivity contribution in [2.45, 2.75) is 25.2 Å². The van der Waals surface area contributed by atoms with E-state index in [4.69, 9.17) is 8.85 Å². The van der Waals surface area contributed by atoms with Crippen molar-refractivity contribution in [1.82, 2.24) is 24.9 Å². The number of nitrogens with zero attached hydrogens (tertiary/aromatic N) is 6. The standard InChI is InChI=1S/C30H26F2N8O3/c1-38(16-18-5-8-20(43-2)9-6-18)24-13-27(37-40-25(15-34-29(24)40)30(42)36-23-12-21(23)32)35-22-4-3-11-39(26(22)17-41)28-10-7-19(31)14-33-28/h3-11,13-15,21,23H,12,16H2,1-2H3,(H,35,37)(H,36,42)/t21-,23+/m0/s1/i1D3. The summed E-state index contributed by atoms with van der Waals surface area (Å²) in [5, 5.41) is 10.1. The Hall–Kier alpha value is -5.55. The number of imidazole rings is 1. The Bertz CT molecular complexity index is 1910. The second kappa shape index (κ2) is 11.4. The molecule has 1 aliphatic carbocycles. The molecule has 3 aromatic heterocycles. The summed E-state index contributed by atoms with van der Waals surface area (Å²) >= 11 is 0. The maximum absolute atomic E-state index is 13.6. The highest BCUT2D eigenvalue weighted by Gasteiger charge is 2.39. The zero-order chi connectivity index (χ0) is 32.6. The van der Waals surface area contributed by atoms with Gasteiger partial charge in [0.2, 0.25) is 0 Å². The lowest BCUT2D eigenvalue weighted by Gasteiger charge is -2.25. The smallest absolute Gasteiger partial charge is 0.271 e. The van der Waals surface area contributed by atoms with E-state index in [1.165, 1.54) is 42.6 Å². The van der Waals surface area contributed by atoms with Crippen molar-refractivity contribution < 1.29 is 27.2 Å². The molecule has 0 bridgehead atoms. The summed E-state index contributed by atoms with van der Waals surface area (Å²) in [6.07, 6.45) is 5.96. The number of alkyl halides is 1. The van der Waals surface area contributed by atoms with Crippen LogP contribution in [0, 0.1) is 5.82 Å². The largest absolute Gasteiger partial charge is 0.497 e. The molecule has 1 fully saturated rings. The Labute approximate surface area is 249 Å². The number of rotatable bonds is 9. The second-order valence-electron chi connectivity index (χ2n) is 9.76. The van der Waals surface area contributed by atoms with Gasteiger partial charge in [-0.15, -0.1) is 5.10 Å². The molecule has 0 saturated heterocycles. The predicted octanol–water partition coefficient (Wildman–Crippen LogP) is 3.79. The van der Waals surface area contributed by atoms with Crippen LogP contribution in [0.5, 0.6) is 5.75 Å². The number of nitrogens with one attached hydrogen (secondary N) is 2. The normalized spacial score (nSPS) is 18.7. The highest BCUT2D eigenvalue weighted by molar-refractivity contribution is 5.94. The zero-order valence-electron chi connectivity index (χ0n) is 25.7. The molecule has 0 radical (unpaired) electrons. The van der Waals surface area contributed by atoms with Crippen molar-refractivity contribution in [2.24, 2.45) is 0 Å². The van der Waals surface area contributed by atoms with Crippen LogP contribution in [0.25, 0.3) is 5.65 Å². The Balaban J connectivity index is 1.42. The van der Waals surface area contributed by atoms with Crippen LogP contribution in [0.2, 0.25) is 0 Å². The Morgan fingerprint density at radius 2 is 2.05 bits per heavy atom. The van der Waals surface area contributed by atoms with Gasteiger partial charge in [-0.1, -0.05) is 12.1 Å². The van der Waals surface area contributed by atoms with E-state index >= 15 is 0 Å². The molecular formula is C30H26F2N8O3. The van der Waals surface area contributed by atoms with Crippen LogP contribution in [-0.4, -0.2) is 57.7 Å². The molecule has 43 heavy (non-hydrogen) atoms. The van der Waals surface area contributed by atoms with E-state index in [1.54, 1.807) is 36.4 Å². The van der Waals surface area contributed by atoms with Crippen LogP contribution >= 0.6 is 0 Å². The molecule has 4 heterocycles. The number of fused-ring (bicyclic) bond motifs is 1. The maximum atomic E-state index is 13.6. The Morgan fingerprint density at radius 1 is 1.23 bits per heavy atom. The third-order valence-electron chi connectivity index (χ3n) is 6.81. The number of anilines is 3. The number of benzene rings is 1. The lowest BCUT2D eigenvalue weighted by molar-refractivity contribution is 0.0940. The molecule has 218 valence electrons. The third-order valence-corrected chi connectivity index (χ3v) is 6.81. The van der Waals surface area contributed by atoms with E-state index in [9.17, 15) is 18.4 Å². The fraction of sp³-hybridized carbons (Fsp3) is 0.200. The highest BCUT2D eigenvalue weighted by Crippen LogP contribution is 2.30. The number of aromatic nitrogens is 4. The molecule has 0 spiro atoms. The first kappa shape index (κ1) is 24.1. The first-order valence-corrected chi connectivity index (χ1v) is 13.1. The number of ether oxygens (including phenoxy) is 1. The van der Waals surface area contributed by atoms with Gasteiger partial charge < -0.3 is 20.3 Å². The highest BCUT2D eigenvalue weighted by atomic mass is 19.1. The van der Waals surface area contributed by atoms with Crippen molar-refractivity contribution in [3.05, 3.63) is 102 Å². The number of carbonyl (C=O) groups excluding carboxylic acids is 2. The first-order chi connectivity index (χ1) is 22.0. The predicted molar refractivity (Wildman–Crippen MR) is 156 cm³/mol. The van der Waals surface area contributed by atoms with Gasteiger partial charge >= 0.3 is 0 Å². The van der Waals surface area contributed by atoms with Gasteiger partial charge in [-0.2, -0.15) is 0 Å². The second-order valence-corrected chi connectivity index (χ2v) is 9.76. The van der Waals surface area contributed by atoms with Gasteiger partial charge in [-0.3, -0.25) is 9.69 Å². The molecule has 2 atom stereocenters. The summed E-state index contributed by atoms with van der Waals surface area (Å²) in [7, 11) is 1.52. The minimum atomic E-state index is -2.69. The molecule has 2 N–H and O–H groups in total. The van der Waals surface area contributed by atoms with Gasteiger partial charge in [0.1, 0.15) is 23.6 Å². The Kier molecular flexibility index (Phi) is 6.37. The summed E-state index contributed by atoms with van der Waals surface area (Å²) in [4.78, 5) is 36.2. The third kappa shape index (κ3) is 5.66. The van der Waals surface area contributed by atoms with E-state index in [0.29, 0.717) is 11.3 Å². The van der Waals surface area contributed by atoms with Crippen molar-refractivity contribution in [1.29, 1.82) is 0 Å². The Morgan fingerprint density at radius 3 is 2.72 bits per heavy atom. The summed E-state index contributed by atoms with van der Waals surface area (Å²) in [5.74, 6) is 1.52. The van der Waals surface area contributed by atoms with Crippen LogP contribution in [0.15, 0.2) is 84.6 Å². The van der Waals surface area contributed by atoms with E-state index < -0.39 is 30.9 Å². The average molecular weight is 588 g/mol. The molecule has 4 aromatic rings. The molecule has 11 nitrogen and oxygen atoms in total. The van der Waals surface area contributed by atoms with Crippen LogP contribution in [-0.2, 0) is 11.3 Å². The molecule has 1 amide bonds. The molecule has 0 unspecified atom stereocenters. The lowest BCUT2D eigenvalue weighted by atomic mass is 10.2. The molecule has 1 saturated carbocycles.